The second-order valence-corrected chi connectivity index (χ2v) is 6.84. The van der Waals surface area contributed by atoms with Crippen LogP contribution in [0.3, 0.4) is 0 Å². The quantitative estimate of drug-likeness (QED) is 0.667. The highest BCUT2D eigenvalue weighted by Gasteiger charge is 2.22. The second kappa shape index (κ2) is 8.22. The summed E-state index contributed by atoms with van der Waals surface area (Å²) in [4.78, 5) is 26.3. The number of carbonyl (C=O) groups is 2. The van der Waals surface area contributed by atoms with E-state index in [0.717, 1.165) is 16.5 Å². The number of fused-ring (bicyclic) bond motifs is 1. The molecule has 0 aliphatic carbocycles. The summed E-state index contributed by atoms with van der Waals surface area (Å²) in [5.41, 5.74) is 2.12. The Morgan fingerprint density at radius 3 is 2.46 bits per heavy atom. The van der Waals surface area contributed by atoms with Crippen molar-refractivity contribution in [1.82, 2.24) is 14.8 Å². The Morgan fingerprint density at radius 2 is 1.75 bits per heavy atom. The van der Waals surface area contributed by atoms with Crippen molar-refractivity contribution in [3.63, 3.8) is 0 Å². The van der Waals surface area contributed by atoms with E-state index < -0.39 is 17.6 Å². The van der Waals surface area contributed by atoms with Gasteiger partial charge in [-0.3, -0.25) is 9.59 Å². The Labute approximate surface area is 162 Å². The molecular weight excluding hydrogens is 359 g/mol. The number of likely N-dealkylation sites (N-methyl/N-ethyl adjacent to an activating group) is 1. The lowest BCUT2D eigenvalue weighted by molar-refractivity contribution is -0.136. The normalized spacial score (nSPS) is 12.2. The fourth-order valence-electron chi connectivity index (χ4n) is 3.22. The number of carbonyl (C=O) groups excluding carboxylic acids is 2. The van der Waals surface area contributed by atoms with E-state index in [-0.39, 0.29) is 18.3 Å². The largest absolute Gasteiger partial charge is 0.350 e. The fourth-order valence-corrected chi connectivity index (χ4v) is 3.22. The number of hydrogen-bond donors (Lipinski definition) is 2. The van der Waals surface area contributed by atoms with Crippen LogP contribution in [-0.4, -0.2) is 41.9 Å². The van der Waals surface area contributed by atoms with Gasteiger partial charge < -0.3 is 20.1 Å². The molecule has 1 aromatic heterocycles. The molecule has 0 saturated carbocycles. The number of para-hydroxylation sites is 2. The Morgan fingerprint density at radius 1 is 1.07 bits per heavy atom. The average Bonchev–Trinajstić information content (AvgIpc) is 3.00. The third-order valence-electron chi connectivity index (χ3n) is 4.69. The third kappa shape index (κ3) is 4.04. The van der Waals surface area contributed by atoms with Crippen molar-refractivity contribution >= 4 is 28.4 Å². The molecule has 0 bridgehead atoms. The lowest BCUT2D eigenvalue weighted by Gasteiger charge is -2.24. The van der Waals surface area contributed by atoms with Gasteiger partial charge in [-0.05, 0) is 37.9 Å². The number of hydrogen-bond acceptors (Lipinski definition) is 3. The van der Waals surface area contributed by atoms with Crippen molar-refractivity contribution in [1.29, 1.82) is 0 Å². The molecule has 146 valence electrons. The number of rotatable bonds is 5. The first kappa shape index (κ1) is 19.6. The predicted molar refractivity (Wildman–Crippen MR) is 107 cm³/mol. The Kier molecular flexibility index (Phi) is 5.75. The van der Waals surface area contributed by atoms with E-state index in [2.05, 4.69) is 10.6 Å². The van der Waals surface area contributed by atoms with E-state index >= 15 is 0 Å². The fraction of sp³-hybridized carbons (Fsp3) is 0.238. The first-order valence-electron chi connectivity index (χ1n) is 8.92. The molecule has 0 aliphatic rings. The van der Waals surface area contributed by atoms with Crippen molar-refractivity contribution < 1.29 is 14.0 Å². The van der Waals surface area contributed by atoms with E-state index in [0.29, 0.717) is 0 Å². The van der Waals surface area contributed by atoms with Crippen molar-refractivity contribution in [2.24, 2.45) is 7.05 Å². The average molecular weight is 382 g/mol. The Bertz CT molecular complexity index is 1010. The van der Waals surface area contributed by atoms with Gasteiger partial charge in [0.25, 0.3) is 0 Å². The molecule has 0 fully saturated rings. The Hall–Kier alpha value is -3.19. The summed E-state index contributed by atoms with van der Waals surface area (Å²) in [6.07, 6.45) is 2.03. The smallest absolute Gasteiger partial charge is 0.313 e. The molecule has 2 N–H and O–H groups in total. The number of anilines is 1. The minimum atomic E-state index is -0.902. The number of amides is 2. The van der Waals surface area contributed by atoms with Crippen LogP contribution in [-0.2, 0) is 16.6 Å². The van der Waals surface area contributed by atoms with Crippen LogP contribution in [0, 0.1) is 5.82 Å². The maximum Gasteiger partial charge on any atom is 0.313 e. The molecule has 1 atom stereocenters. The predicted octanol–water partition coefficient (Wildman–Crippen LogP) is 2.68. The van der Waals surface area contributed by atoms with Crippen molar-refractivity contribution in [2.75, 3.05) is 26.0 Å². The first-order valence-corrected chi connectivity index (χ1v) is 8.92. The van der Waals surface area contributed by atoms with Crippen LogP contribution >= 0.6 is 0 Å². The zero-order valence-corrected chi connectivity index (χ0v) is 16.1. The SMILES string of the molecule is CN(C)C(CNC(=O)C(=O)Nc1ccccc1F)c1cn(C)c2ccccc12. The van der Waals surface area contributed by atoms with E-state index in [1.807, 2.05) is 61.1 Å². The van der Waals surface area contributed by atoms with Crippen LogP contribution in [0.4, 0.5) is 10.1 Å². The van der Waals surface area contributed by atoms with Crippen LogP contribution < -0.4 is 10.6 Å². The van der Waals surface area contributed by atoms with Crippen molar-refractivity contribution in [2.45, 2.75) is 6.04 Å². The molecule has 0 aliphatic heterocycles. The minimum absolute atomic E-state index is 0.0270. The van der Waals surface area contributed by atoms with Gasteiger partial charge in [0.1, 0.15) is 5.82 Å². The number of benzene rings is 2. The molecule has 2 aromatic carbocycles. The highest BCUT2D eigenvalue weighted by atomic mass is 19.1. The van der Waals surface area contributed by atoms with Gasteiger partial charge in [-0.1, -0.05) is 30.3 Å². The number of nitrogens with one attached hydrogen (secondary N) is 2. The zero-order valence-electron chi connectivity index (χ0n) is 16.1. The highest BCUT2D eigenvalue weighted by Crippen LogP contribution is 2.28. The van der Waals surface area contributed by atoms with E-state index in [9.17, 15) is 14.0 Å². The van der Waals surface area contributed by atoms with Crippen LogP contribution in [0.15, 0.2) is 54.7 Å². The summed E-state index contributed by atoms with van der Waals surface area (Å²) < 4.78 is 15.7. The molecule has 1 unspecified atom stereocenters. The lowest BCUT2D eigenvalue weighted by atomic mass is 10.0. The van der Waals surface area contributed by atoms with Crippen LogP contribution in [0.2, 0.25) is 0 Å². The molecule has 0 saturated heterocycles. The maximum atomic E-state index is 13.6. The molecule has 6 nitrogen and oxygen atoms in total. The van der Waals surface area contributed by atoms with Crippen LogP contribution in [0.25, 0.3) is 10.9 Å². The molecule has 2 amide bonds. The highest BCUT2D eigenvalue weighted by molar-refractivity contribution is 6.39. The van der Waals surface area contributed by atoms with E-state index in [1.54, 1.807) is 6.07 Å². The molecule has 7 heteroatoms. The summed E-state index contributed by atoms with van der Waals surface area (Å²) in [5, 5.41) is 6.04. The van der Waals surface area contributed by atoms with Gasteiger partial charge in [0, 0.05) is 30.7 Å². The summed E-state index contributed by atoms with van der Waals surface area (Å²) in [5.74, 6) is -2.30. The van der Waals surface area contributed by atoms with Gasteiger partial charge in [0.05, 0.1) is 11.7 Å². The maximum absolute atomic E-state index is 13.6. The van der Waals surface area contributed by atoms with Gasteiger partial charge >= 0.3 is 11.8 Å². The van der Waals surface area contributed by atoms with Crippen molar-refractivity contribution in [3.8, 4) is 0 Å². The van der Waals surface area contributed by atoms with Gasteiger partial charge in [0.2, 0.25) is 0 Å². The Balaban J connectivity index is 1.72. The standard InChI is InChI=1S/C21H23FN4O2/c1-25(2)19(15-13-26(3)18-11-7-4-8-14(15)18)12-23-20(27)21(28)24-17-10-6-5-9-16(17)22/h4-11,13,19H,12H2,1-3H3,(H,23,27)(H,24,28). The van der Waals surface area contributed by atoms with Gasteiger partial charge in [-0.2, -0.15) is 0 Å². The number of nitrogens with zero attached hydrogens (tertiary/aromatic N) is 2. The number of aromatic nitrogens is 1. The summed E-state index contributed by atoms with van der Waals surface area (Å²) in [6, 6.07) is 13.6. The van der Waals surface area contributed by atoms with Crippen molar-refractivity contribution in [3.05, 3.63) is 66.1 Å². The molecule has 0 radical (unpaired) electrons. The van der Waals surface area contributed by atoms with E-state index in [1.165, 1.54) is 18.2 Å². The van der Waals surface area contributed by atoms with Gasteiger partial charge in [0.15, 0.2) is 0 Å². The third-order valence-corrected chi connectivity index (χ3v) is 4.69. The topological polar surface area (TPSA) is 66.4 Å². The van der Waals surface area contributed by atoms with Crippen LogP contribution in [0.5, 0.6) is 0 Å². The van der Waals surface area contributed by atoms with Gasteiger partial charge in [-0.25, -0.2) is 4.39 Å². The molecule has 28 heavy (non-hydrogen) atoms. The van der Waals surface area contributed by atoms with Gasteiger partial charge in [-0.15, -0.1) is 0 Å². The second-order valence-electron chi connectivity index (χ2n) is 6.84. The molecule has 1 heterocycles. The molecule has 3 rings (SSSR count). The van der Waals surface area contributed by atoms with E-state index in [4.69, 9.17) is 0 Å². The molecular formula is C21H23FN4O2. The summed E-state index contributed by atoms with van der Waals surface area (Å²) in [6.45, 7) is 0.241. The molecule has 3 aromatic rings. The van der Waals surface area contributed by atoms with Crippen LogP contribution in [0.1, 0.15) is 11.6 Å². The number of aryl methyl sites for hydroxylation is 1. The minimum Gasteiger partial charge on any atom is -0.350 e. The monoisotopic (exact) mass is 382 g/mol. The first-order chi connectivity index (χ1) is 13.4. The molecule has 0 spiro atoms. The lowest BCUT2D eigenvalue weighted by Crippen LogP contribution is -2.40. The zero-order chi connectivity index (χ0) is 20.3. The summed E-state index contributed by atoms with van der Waals surface area (Å²) in [7, 11) is 5.80. The number of halogens is 1. The summed E-state index contributed by atoms with van der Waals surface area (Å²) >= 11 is 0.